The van der Waals surface area contributed by atoms with E-state index in [9.17, 15) is 4.79 Å². The summed E-state index contributed by atoms with van der Waals surface area (Å²) >= 11 is 0. The third-order valence-electron chi connectivity index (χ3n) is 2.16. The van der Waals surface area contributed by atoms with E-state index < -0.39 is 5.60 Å². The molecular formula is C10H22N2O4. The number of rotatable bonds is 8. The second-order valence-corrected chi connectivity index (χ2v) is 3.69. The van der Waals surface area contributed by atoms with Crippen LogP contribution in [0.2, 0.25) is 0 Å². The Bertz CT molecular complexity index is 201. The Balaban J connectivity index is 3.79. The average Bonchev–Trinajstić information content (AvgIpc) is 2.27. The van der Waals surface area contributed by atoms with Crippen LogP contribution in [0.15, 0.2) is 0 Å². The van der Waals surface area contributed by atoms with Crippen molar-refractivity contribution < 1.29 is 19.0 Å². The standard InChI is InChI=1S/C10H22N2O4/c1-10(16-4,8-15-3)7-12-9(13)11-5-6-14-2/h5-8H2,1-4H3,(H2,11,12,13). The van der Waals surface area contributed by atoms with Crippen molar-refractivity contribution in [3.63, 3.8) is 0 Å². The van der Waals surface area contributed by atoms with E-state index in [1.165, 1.54) is 0 Å². The van der Waals surface area contributed by atoms with Gasteiger partial charge in [0.2, 0.25) is 0 Å². The number of nitrogens with one attached hydrogen (secondary N) is 2. The molecule has 0 saturated carbocycles. The van der Waals surface area contributed by atoms with Crippen molar-refractivity contribution in [1.29, 1.82) is 0 Å². The molecule has 1 unspecified atom stereocenters. The van der Waals surface area contributed by atoms with E-state index in [4.69, 9.17) is 14.2 Å². The fraction of sp³-hybridized carbons (Fsp3) is 0.900. The highest BCUT2D eigenvalue weighted by atomic mass is 16.5. The minimum atomic E-state index is -0.507. The van der Waals surface area contributed by atoms with Gasteiger partial charge < -0.3 is 24.8 Å². The number of urea groups is 1. The molecule has 0 aliphatic carbocycles. The van der Waals surface area contributed by atoms with E-state index >= 15 is 0 Å². The lowest BCUT2D eigenvalue weighted by Crippen LogP contribution is -2.48. The van der Waals surface area contributed by atoms with Gasteiger partial charge in [0, 0.05) is 27.9 Å². The average molecular weight is 234 g/mol. The van der Waals surface area contributed by atoms with Gasteiger partial charge in [-0.2, -0.15) is 0 Å². The first-order valence-corrected chi connectivity index (χ1v) is 5.12. The molecule has 0 rings (SSSR count). The summed E-state index contributed by atoms with van der Waals surface area (Å²) in [5, 5.41) is 5.36. The van der Waals surface area contributed by atoms with Crippen LogP contribution in [-0.2, 0) is 14.2 Å². The Kier molecular flexibility index (Phi) is 7.88. The zero-order valence-electron chi connectivity index (χ0n) is 10.5. The molecule has 0 aromatic carbocycles. The second-order valence-electron chi connectivity index (χ2n) is 3.69. The lowest BCUT2D eigenvalue weighted by atomic mass is 10.1. The van der Waals surface area contributed by atoms with Gasteiger partial charge in [0.15, 0.2) is 0 Å². The molecule has 2 amide bonds. The minimum Gasteiger partial charge on any atom is -0.383 e. The monoisotopic (exact) mass is 234 g/mol. The summed E-state index contributed by atoms with van der Waals surface area (Å²) in [4.78, 5) is 11.3. The van der Waals surface area contributed by atoms with Crippen molar-refractivity contribution in [3.05, 3.63) is 0 Å². The van der Waals surface area contributed by atoms with Crippen LogP contribution in [0.4, 0.5) is 4.79 Å². The van der Waals surface area contributed by atoms with Gasteiger partial charge in [-0.05, 0) is 6.92 Å². The van der Waals surface area contributed by atoms with Gasteiger partial charge >= 0.3 is 6.03 Å². The van der Waals surface area contributed by atoms with Crippen LogP contribution in [0.25, 0.3) is 0 Å². The Morgan fingerprint density at radius 1 is 1.19 bits per heavy atom. The number of methoxy groups -OCH3 is 3. The van der Waals surface area contributed by atoms with Crippen LogP contribution in [-0.4, -0.2) is 59.3 Å². The van der Waals surface area contributed by atoms with Crippen molar-refractivity contribution in [2.24, 2.45) is 0 Å². The maximum Gasteiger partial charge on any atom is 0.314 e. The molecule has 0 aromatic rings. The van der Waals surface area contributed by atoms with Gasteiger partial charge in [-0.1, -0.05) is 0 Å². The third-order valence-corrected chi connectivity index (χ3v) is 2.16. The Labute approximate surface area is 96.6 Å². The number of carbonyl (C=O) groups is 1. The summed E-state index contributed by atoms with van der Waals surface area (Å²) in [6.07, 6.45) is 0. The molecule has 0 fully saturated rings. The van der Waals surface area contributed by atoms with Crippen LogP contribution < -0.4 is 10.6 Å². The maximum absolute atomic E-state index is 11.3. The highest BCUT2D eigenvalue weighted by Gasteiger charge is 2.24. The molecule has 0 saturated heterocycles. The lowest BCUT2D eigenvalue weighted by Gasteiger charge is -2.27. The van der Waals surface area contributed by atoms with E-state index in [1.54, 1.807) is 21.3 Å². The van der Waals surface area contributed by atoms with Gasteiger partial charge in [-0.25, -0.2) is 4.79 Å². The van der Waals surface area contributed by atoms with Crippen LogP contribution >= 0.6 is 0 Å². The molecule has 16 heavy (non-hydrogen) atoms. The van der Waals surface area contributed by atoms with E-state index in [0.29, 0.717) is 26.3 Å². The highest BCUT2D eigenvalue weighted by Crippen LogP contribution is 2.07. The van der Waals surface area contributed by atoms with Crippen molar-refractivity contribution in [3.8, 4) is 0 Å². The molecule has 6 nitrogen and oxygen atoms in total. The number of ether oxygens (including phenoxy) is 3. The molecule has 1 atom stereocenters. The van der Waals surface area contributed by atoms with E-state index in [1.807, 2.05) is 6.92 Å². The molecule has 0 heterocycles. The molecule has 0 bridgehead atoms. The lowest BCUT2D eigenvalue weighted by molar-refractivity contribution is -0.0474. The van der Waals surface area contributed by atoms with Gasteiger partial charge in [-0.3, -0.25) is 0 Å². The fourth-order valence-corrected chi connectivity index (χ4v) is 1.08. The summed E-state index contributed by atoms with van der Waals surface area (Å²) in [6, 6.07) is -0.239. The van der Waals surface area contributed by atoms with E-state index in [-0.39, 0.29) is 6.03 Å². The summed E-state index contributed by atoms with van der Waals surface area (Å²) in [5.74, 6) is 0. The van der Waals surface area contributed by atoms with E-state index in [2.05, 4.69) is 10.6 Å². The molecule has 0 aromatic heterocycles. The molecule has 0 aliphatic rings. The molecule has 0 spiro atoms. The zero-order chi connectivity index (χ0) is 12.4. The normalized spacial score (nSPS) is 14.2. The summed E-state index contributed by atoms with van der Waals surface area (Å²) in [6.45, 7) is 3.65. The Morgan fingerprint density at radius 3 is 2.38 bits per heavy atom. The third kappa shape index (κ3) is 6.60. The highest BCUT2D eigenvalue weighted by molar-refractivity contribution is 5.73. The number of carbonyl (C=O) groups excluding carboxylic acids is 1. The van der Waals surface area contributed by atoms with Crippen LogP contribution in [0.5, 0.6) is 0 Å². The van der Waals surface area contributed by atoms with Crippen molar-refractivity contribution in [1.82, 2.24) is 10.6 Å². The first-order chi connectivity index (χ1) is 7.58. The first kappa shape index (κ1) is 15.2. The zero-order valence-corrected chi connectivity index (χ0v) is 10.5. The largest absolute Gasteiger partial charge is 0.383 e. The van der Waals surface area contributed by atoms with Crippen LogP contribution in [0.3, 0.4) is 0 Å². The SMILES string of the molecule is COCCNC(=O)NCC(C)(COC)OC. The van der Waals surface area contributed by atoms with Gasteiger partial charge in [0.25, 0.3) is 0 Å². The van der Waals surface area contributed by atoms with Crippen molar-refractivity contribution in [2.45, 2.75) is 12.5 Å². The number of amides is 2. The van der Waals surface area contributed by atoms with Crippen molar-refractivity contribution in [2.75, 3.05) is 47.6 Å². The van der Waals surface area contributed by atoms with Crippen LogP contribution in [0, 0.1) is 0 Å². The molecule has 2 N–H and O–H groups in total. The number of hydrogen-bond donors (Lipinski definition) is 2. The first-order valence-electron chi connectivity index (χ1n) is 5.12. The minimum absolute atomic E-state index is 0.239. The predicted octanol–water partition coefficient (Wildman–Crippen LogP) is -0.0165. The summed E-state index contributed by atoms with van der Waals surface area (Å²) in [5.41, 5.74) is -0.507. The Hall–Kier alpha value is -0.850. The molecule has 0 radical (unpaired) electrons. The van der Waals surface area contributed by atoms with Crippen molar-refractivity contribution >= 4 is 6.03 Å². The molecule has 96 valence electrons. The quantitative estimate of drug-likeness (QED) is 0.579. The number of hydrogen-bond acceptors (Lipinski definition) is 4. The summed E-state index contributed by atoms with van der Waals surface area (Å²) < 4.78 is 15.1. The topological polar surface area (TPSA) is 68.8 Å². The summed E-state index contributed by atoms with van der Waals surface area (Å²) in [7, 11) is 4.76. The second kappa shape index (κ2) is 8.32. The van der Waals surface area contributed by atoms with Gasteiger partial charge in [0.05, 0.1) is 19.8 Å². The van der Waals surface area contributed by atoms with Crippen LogP contribution in [0.1, 0.15) is 6.92 Å². The van der Waals surface area contributed by atoms with Gasteiger partial charge in [0.1, 0.15) is 5.60 Å². The van der Waals surface area contributed by atoms with E-state index in [0.717, 1.165) is 0 Å². The molecule has 0 aliphatic heterocycles. The smallest absolute Gasteiger partial charge is 0.314 e. The molecule has 6 heteroatoms. The van der Waals surface area contributed by atoms with Gasteiger partial charge in [-0.15, -0.1) is 0 Å². The molecular weight excluding hydrogens is 212 g/mol. The predicted molar refractivity (Wildman–Crippen MR) is 60.6 cm³/mol. The Morgan fingerprint density at radius 2 is 1.88 bits per heavy atom. The fourth-order valence-electron chi connectivity index (χ4n) is 1.08. The maximum atomic E-state index is 11.3.